The first-order valence-corrected chi connectivity index (χ1v) is 10.0. The number of aromatic nitrogens is 3. The topological polar surface area (TPSA) is 120 Å². The Kier molecular flexibility index (Phi) is 7.57. The van der Waals surface area contributed by atoms with Gasteiger partial charge in [0.15, 0.2) is 0 Å². The van der Waals surface area contributed by atoms with Gasteiger partial charge in [-0.05, 0) is 35.7 Å². The van der Waals surface area contributed by atoms with E-state index < -0.39 is 12.1 Å². The number of aliphatic carboxylic acids is 1. The van der Waals surface area contributed by atoms with Crippen LogP contribution in [-0.2, 0) is 11.2 Å². The van der Waals surface area contributed by atoms with Gasteiger partial charge in [0.1, 0.15) is 5.75 Å². The number of halogens is 3. The van der Waals surface area contributed by atoms with E-state index in [-0.39, 0.29) is 5.91 Å². The van der Waals surface area contributed by atoms with Crippen LogP contribution >= 0.6 is 0 Å². The molecule has 0 saturated carbocycles. The van der Waals surface area contributed by atoms with Gasteiger partial charge in [-0.3, -0.25) is 9.89 Å². The van der Waals surface area contributed by atoms with Crippen LogP contribution in [0.15, 0.2) is 61.1 Å². The summed E-state index contributed by atoms with van der Waals surface area (Å²) in [6, 6.07) is 13.7. The predicted octanol–water partition coefficient (Wildman–Crippen LogP) is 4.17. The SMILES string of the molecule is COc1cc(-c2cn[nH]c2)ccc1C(=O)NCCc1c[nH]c2ccccc12.O=C(O)C(F)(F)F. The number of nitrogens with zero attached hydrogens (tertiary/aromatic N) is 1. The number of rotatable bonds is 6. The summed E-state index contributed by atoms with van der Waals surface area (Å²) in [4.78, 5) is 24.7. The number of carbonyl (C=O) groups excluding carboxylic acids is 1. The Labute approximate surface area is 191 Å². The maximum absolute atomic E-state index is 12.6. The van der Waals surface area contributed by atoms with Crippen LogP contribution in [0.1, 0.15) is 15.9 Å². The summed E-state index contributed by atoms with van der Waals surface area (Å²) in [5.41, 5.74) is 4.70. The van der Waals surface area contributed by atoms with Gasteiger partial charge in [0.2, 0.25) is 0 Å². The van der Waals surface area contributed by atoms with Gasteiger partial charge >= 0.3 is 12.1 Å². The zero-order valence-electron chi connectivity index (χ0n) is 17.9. The van der Waals surface area contributed by atoms with Gasteiger partial charge in [-0.1, -0.05) is 24.3 Å². The molecular weight excluding hydrogens is 453 g/mol. The molecule has 0 fully saturated rings. The Hall–Kier alpha value is -4.28. The lowest BCUT2D eigenvalue weighted by Crippen LogP contribution is -2.26. The molecule has 0 aliphatic rings. The molecule has 0 atom stereocenters. The summed E-state index contributed by atoms with van der Waals surface area (Å²) >= 11 is 0. The van der Waals surface area contributed by atoms with Crippen LogP contribution in [-0.4, -0.2) is 52.0 Å². The zero-order valence-corrected chi connectivity index (χ0v) is 17.9. The van der Waals surface area contributed by atoms with E-state index in [2.05, 4.69) is 26.6 Å². The maximum Gasteiger partial charge on any atom is 0.490 e. The van der Waals surface area contributed by atoms with Crippen molar-refractivity contribution >= 4 is 22.8 Å². The average Bonchev–Trinajstić information content (AvgIpc) is 3.49. The normalized spacial score (nSPS) is 10.9. The quantitative estimate of drug-likeness (QED) is 0.334. The zero-order chi connectivity index (χ0) is 24.7. The Morgan fingerprint density at radius 1 is 1.12 bits per heavy atom. The van der Waals surface area contributed by atoms with E-state index in [0.717, 1.165) is 23.1 Å². The van der Waals surface area contributed by atoms with Crippen LogP contribution in [0.25, 0.3) is 22.0 Å². The van der Waals surface area contributed by atoms with Crippen LogP contribution in [0.2, 0.25) is 0 Å². The van der Waals surface area contributed by atoms with Crippen LogP contribution in [0, 0.1) is 0 Å². The van der Waals surface area contributed by atoms with Crippen LogP contribution in [0.3, 0.4) is 0 Å². The first-order chi connectivity index (χ1) is 16.2. The van der Waals surface area contributed by atoms with Crippen molar-refractivity contribution in [2.75, 3.05) is 13.7 Å². The van der Waals surface area contributed by atoms with E-state index in [0.29, 0.717) is 17.9 Å². The lowest BCUT2D eigenvalue weighted by molar-refractivity contribution is -0.192. The van der Waals surface area contributed by atoms with Gasteiger partial charge in [-0.25, -0.2) is 4.79 Å². The van der Waals surface area contributed by atoms with E-state index in [1.807, 2.05) is 36.5 Å². The molecular formula is C23H21F3N4O4. The van der Waals surface area contributed by atoms with Crippen molar-refractivity contribution in [1.82, 2.24) is 20.5 Å². The van der Waals surface area contributed by atoms with Crippen molar-refractivity contribution in [3.8, 4) is 16.9 Å². The fourth-order valence-electron chi connectivity index (χ4n) is 3.21. The van der Waals surface area contributed by atoms with Crippen molar-refractivity contribution in [2.45, 2.75) is 12.6 Å². The first kappa shape index (κ1) is 24.4. The molecule has 34 heavy (non-hydrogen) atoms. The molecule has 2 aromatic heterocycles. The molecule has 0 unspecified atom stereocenters. The highest BCUT2D eigenvalue weighted by Gasteiger charge is 2.38. The number of ether oxygens (including phenoxy) is 1. The molecule has 4 aromatic rings. The number of carbonyl (C=O) groups is 2. The average molecular weight is 474 g/mol. The Balaban J connectivity index is 0.000000406. The van der Waals surface area contributed by atoms with Crippen molar-refractivity contribution in [3.63, 3.8) is 0 Å². The van der Waals surface area contributed by atoms with Gasteiger partial charge in [0.25, 0.3) is 5.91 Å². The van der Waals surface area contributed by atoms with Gasteiger partial charge in [0.05, 0.1) is 18.9 Å². The summed E-state index contributed by atoms with van der Waals surface area (Å²) in [5, 5.41) is 18.0. The van der Waals surface area contributed by atoms with E-state index in [4.69, 9.17) is 14.6 Å². The van der Waals surface area contributed by atoms with Gasteiger partial charge in [-0.2, -0.15) is 18.3 Å². The molecule has 8 nitrogen and oxygen atoms in total. The fourth-order valence-corrected chi connectivity index (χ4v) is 3.21. The molecule has 4 rings (SSSR count). The first-order valence-electron chi connectivity index (χ1n) is 10.0. The third-order valence-corrected chi connectivity index (χ3v) is 4.88. The van der Waals surface area contributed by atoms with Crippen LogP contribution < -0.4 is 10.1 Å². The van der Waals surface area contributed by atoms with Crippen LogP contribution in [0.4, 0.5) is 13.2 Å². The maximum atomic E-state index is 12.6. The van der Waals surface area contributed by atoms with E-state index in [9.17, 15) is 18.0 Å². The lowest BCUT2D eigenvalue weighted by atomic mass is 10.1. The van der Waals surface area contributed by atoms with Gasteiger partial charge in [0, 0.05) is 35.4 Å². The molecule has 1 amide bonds. The molecule has 2 heterocycles. The molecule has 0 radical (unpaired) electrons. The Bertz CT molecular complexity index is 1270. The number of hydrogen-bond acceptors (Lipinski definition) is 4. The number of carboxylic acid groups (broad SMARTS) is 1. The smallest absolute Gasteiger partial charge is 0.490 e. The minimum absolute atomic E-state index is 0.148. The Morgan fingerprint density at radius 2 is 1.85 bits per heavy atom. The predicted molar refractivity (Wildman–Crippen MR) is 119 cm³/mol. The number of hydrogen-bond donors (Lipinski definition) is 4. The summed E-state index contributed by atoms with van der Waals surface area (Å²) in [6.45, 7) is 0.549. The van der Waals surface area contributed by atoms with Crippen molar-refractivity contribution in [1.29, 1.82) is 0 Å². The van der Waals surface area contributed by atoms with Crippen molar-refractivity contribution in [2.24, 2.45) is 0 Å². The third kappa shape index (κ3) is 5.94. The van der Waals surface area contributed by atoms with E-state index >= 15 is 0 Å². The second-order valence-electron chi connectivity index (χ2n) is 7.07. The van der Waals surface area contributed by atoms with Crippen molar-refractivity contribution in [3.05, 3.63) is 72.2 Å². The number of fused-ring (bicyclic) bond motifs is 1. The molecule has 178 valence electrons. The second kappa shape index (κ2) is 10.6. The number of aromatic amines is 2. The molecule has 0 spiro atoms. The number of benzene rings is 2. The minimum atomic E-state index is -5.08. The highest BCUT2D eigenvalue weighted by atomic mass is 19.4. The summed E-state index contributed by atoms with van der Waals surface area (Å²) < 4.78 is 37.2. The molecule has 2 aromatic carbocycles. The number of para-hydroxylation sites is 1. The molecule has 11 heteroatoms. The second-order valence-corrected chi connectivity index (χ2v) is 7.07. The standard InChI is InChI=1S/C21H20N4O2.C2HF3O2/c1-27-20-10-14(16-12-24-25-13-16)6-7-18(20)21(26)22-9-8-15-11-23-19-5-3-2-4-17(15)19;3-2(4,5)1(6)7/h2-7,10-13,23H,8-9H2,1H3,(H,22,26)(H,24,25);(H,6,7). The van der Waals surface area contributed by atoms with Crippen LogP contribution in [0.5, 0.6) is 5.75 Å². The number of carboxylic acids is 1. The van der Waals surface area contributed by atoms with E-state index in [1.54, 1.807) is 25.6 Å². The highest BCUT2D eigenvalue weighted by molar-refractivity contribution is 5.97. The van der Waals surface area contributed by atoms with Gasteiger partial charge in [-0.15, -0.1) is 0 Å². The van der Waals surface area contributed by atoms with E-state index in [1.165, 1.54) is 10.9 Å². The number of nitrogens with one attached hydrogen (secondary N) is 3. The molecule has 4 N–H and O–H groups in total. The number of H-pyrrole nitrogens is 2. The monoisotopic (exact) mass is 474 g/mol. The largest absolute Gasteiger partial charge is 0.496 e. The molecule has 0 saturated heterocycles. The third-order valence-electron chi connectivity index (χ3n) is 4.88. The molecule has 0 bridgehead atoms. The lowest BCUT2D eigenvalue weighted by Gasteiger charge is -2.11. The van der Waals surface area contributed by atoms with Crippen molar-refractivity contribution < 1.29 is 32.6 Å². The highest BCUT2D eigenvalue weighted by Crippen LogP contribution is 2.26. The minimum Gasteiger partial charge on any atom is -0.496 e. The summed E-state index contributed by atoms with van der Waals surface area (Å²) in [5.74, 6) is -2.36. The number of alkyl halides is 3. The number of amides is 1. The number of methoxy groups -OCH3 is 1. The molecule has 0 aliphatic carbocycles. The summed E-state index contributed by atoms with van der Waals surface area (Å²) in [7, 11) is 1.57. The Morgan fingerprint density at radius 3 is 2.50 bits per heavy atom. The molecule has 0 aliphatic heterocycles. The summed E-state index contributed by atoms with van der Waals surface area (Å²) in [6.07, 6.45) is 1.20. The van der Waals surface area contributed by atoms with Gasteiger partial charge < -0.3 is 20.1 Å². The fraction of sp³-hybridized carbons (Fsp3) is 0.174.